The van der Waals surface area contributed by atoms with Crippen LogP contribution in [0.5, 0.6) is 17.2 Å². The summed E-state index contributed by atoms with van der Waals surface area (Å²) in [6.07, 6.45) is 0.426. The van der Waals surface area contributed by atoms with E-state index >= 15 is 0 Å². The molecular formula is C31H41F5N2O5S. The number of benzene rings is 2. The molecule has 0 radical (unpaired) electrons. The number of unbranched alkanes of at least 4 members (excludes halogenated alkanes) is 7. The molecule has 246 valence electrons. The molecule has 0 saturated carbocycles. The van der Waals surface area contributed by atoms with E-state index in [0.717, 1.165) is 62.5 Å². The molecule has 2 unspecified atom stereocenters. The molecule has 2 aromatic rings. The number of hydrogen-bond donors (Lipinski definition) is 3. The summed E-state index contributed by atoms with van der Waals surface area (Å²) in [6.45, 7) is 0.494. The van der Waals surface area contributed by atoms with Crippen LogP contribution in [0.25, 0.3) is 0 Å². The van der Waals surface area contributed by atoms with Crippen molar-refractivity contribution in [3.63, 3.8) is 0 Å². The Morgan fingerprint density at radius 3 is 2.09 bits per heavy atom. The Morgan fingerprint density at radius 1 is 0.864 bits per heavy atom. The average Bonchev–Trinajstić information content (AvgIpc) is 2.93. The molecule has 0 saturated heterocycles. The molecule has 0 aromatic heterocycles. The van der Waals surface area contributed by atoms with Crippen molar-refractivity contribution >= 4 is 15.9 Å². The fourth-order valence-corrected chi connectivity index (χ4v) is 6.54. The van der Waals surface area contributed by atoms with E-state index < -0.39 is 40.7 Å². The third-order valence-electron chi connectivity index (χ3n) is 7.88. The number of ether oxygens (including phenoxy) is 1. The highest BCUT2D eigenvalue weighted by Crippen LogP contribution is 2.46. The third kappa shape index (κ3) is 10.8. The molecule has 7 nitrogen and oxygen atoms in total. The van der Waals surface area contributed by atoms with Crippen molar-refractivity contribution in [2.75, 3.05) is 12.4 Å². The summed E-state index contributed by atoms with van der Waals surface area (Å²) in [5, 5.41) is 19.6. The van der Waals surface area contributed by atoms with Crippen molar-refractivity contribution < 1.29 is 45.3 Å². The van der Waals surface area contributed by atoms with E-state index in [1.54, 1.807) is 24.3 Å². The minimum Gasteiger partial charge on any atom is -0.508 e. The zero-order valence-electron chi connectivity index (χ0n) is 24.5. The summed E-state index contributed by atoms with van der Waals surface area (Å²) < 4.78 is 95.6. The Morgan fingerprint density at radius 2 is 1.45 bits per heavy atom. The monoisotopic (exact) mass is 648 g/mol. The van der Waals surface area contributed by atoms with Gasteiger partial charge in [-0.3, -0.25) is 0 Å². The number of hydrogen-bond acceptors (Lipinski definition) is 5. The van der Waals surface area contributed by atoms with Gasteiger partial charge in [0.1, 0.15) is 23.1 Å². The van der Waals surface area contributed by atoms with Gasteiger partial charge >= 0.3 is 12.1 Å². The van der Waals surface area contributed by atoms with Gasteiger partial charge in [0.25, 0.3) is 10.0 Å². The molecule has 0 bridgehead atoms. The molecule has 1 aliphatic heterocycles. The summed E-state index contributed by atoms with van der Waals surface area (Å²) in [4.78, 5) is 0. The maximum absolute atomic E-state index is 12.9. The number of alkyl halides is 5. The summed E-state index contributed by atoms with van der Waals surface area (Å²) in [5.74, 6) is -4.61. The van der Waals surface area contributed by atoms with E-state index in [4.69, 9.17) is 10.5 Å². The lowest BCUT2D eigenvalue weighted by atomic mass is 9.77. The van der Waals surface area contributed by atoms with Gasteiger partial charge in [-0.05, 0) is 54.5 Å². The van der Waals surface area contributed by atoms with E-state index in [1.807, 2.05) is 18.2 Å². The lowest BCUT2D eigenvalue weighted by molar-refractivity contribution is -0.284. The molecule has 2 atom stereocenters. The molecule has 1 aliphatic rings. The fourth-order valence-electron chi connectivity index (χ4n) is 5.49. The van der Waals surface area contributed by atoms with Crippen LogP contribution in [-0.2, 0) is 10.0 Å². The summed E-state index contributed by atoms with van der Waals surface area (Å²) >= 11 is 0. The highest BCUT2D eigenvalue weighted by molar-refractivity contribution is 7.90. The van der Waals surface area contributed by atoms with Gasteiger partial charge < -0.3 is 20.7 Å². The number of amidine groups is 1. The van der Waals surface area contributed by atoms with Crippen LogP contribution < -0.4 is 10.5 Å². The van der Waals surface area contributed by atoms with E-state index in [9.17, 15) is 40.6 Å². The molecule has 3 rings (SSSR count). The third-order valence-corrected chi connectivity index (χ3v) is 9.20. The smallest absolute Gasteiger partial charge is 0.453 e. The number of fused-ring (bicyclic) bond motifs is 1. The Balaban J connectivity index is 1.33. The minimum atomic E-state index is -5.72. The molecule has 44 heavy (non-hydrogen) atoms. The molecule has 0 spiro atoms. The largest absolute Gasteiger partial charge is 0.508 e. The summed E-state index contributed by atoms with van der Waals surface area (Å²) in [6, 6.07) is 12.5. The number of phenols is 2. The van der Waals surface area contributed by atoms with Crippen molar-refractivity contribution in [1.82, 2.24) is 0 Å². The highest BCUT2D eigenvalue weighted by Gasteiger charge is 2.56. The first-order chi connectivity index (χ1) is 20.7. The van der Waals surface area contributed by atoms with Crippen molar-refractivity contribution in [3.8, 4) is 17.2 Å². The van der Waals surface area contributed by atoms with Gasteiger partial charge in [0, 0.05) is 24.8 Å². The second kappa shape index (κ2) is 15.8. The van der Waals surface area contributed by atoms with Crippen LogP contribution in [0.15, 0.2) is 46.9 Å². The van der Waals surface area contributed by atoms with E-state index in [0.29, 0.717) is 18.8 Å². The van der Waals surface area contributed by atoms with Crippen LogP contribution in [0.2, 0.25) is 0 Å². The van der Waals surface area contributed by atoms with Crippen LogP contribution >= 0.6 is 0 Å². The van der Waals surface area contributed by atoms with Crippen LogP contribution in [-0.4, -0.2) is 48.9 Å². The number of halogens is 5. The van der Waals surface area contributed by atoms with Crippen molar-refractivity contribution in [2.45, 2.75) is 101 Å². The molecule has 0 aliphatic carbocycles. The average molecular weight is 649 g/mol. The van der Waals surface area contributed by atoms with Gasteiger partial charge in [-0.25, -0.2) is 8.42 Å². The maximum atomic E-state index is 12.9. The Labute approximate surface area is 255 Å². The van der Waals surface area contributed by atoms with Gasteiger partial charge in [-0.15, -0.1) is 0 Å². The van der Waals surface area contributed by atoms with Gasteiger partial charge in [0.05, 0.1) is 12.4 Å². The number of sulfonamides is 1. The predicted molar refractivity (Wildman–Crippen MR) is 159 cm³/mol. The second-order valence-corrected chi connectivity index (χ2v) is 13.1. The quantitative estimate of drug-likeness (QED) is 0.0693. The first-order valence-corrected chi connectivity index (χ1v) is 16.6. The lowest BCUT2D eigenvalue weighted by Crippen LogP contribution is -2.36. The molecule has 2 aromatic carbocycles. The van der Waals surface area contributed by atoms with Crippen molar-refractivity contribution in [3.05, 3.63) is 53.6 Å². The number of aromatic hydroxyl groups is 2. The first-order valence-electron chi connectivity index (χ1n) is 14.9. The van der Waals surface area contributed by atoms with Crippen LogP contribution in [0.1, 0.15) is 100 Å². The summed E-state index contributed by atoms with van der Waals surface area (Å²) in [7, 11) is -4.22. The molecule has 0 amide bonds. The van der Waals surface area contributed by atoms with E-state index in [-0.39, 0.29) is 35.6 Å². The number of phenolic OH excluding ortho intramolecular Hbond substituents is 2. The molecule has 4 N–H and O–H groups in total. The van der Waals surface area contributed by atoms with Gasteiger partial charge in [0.2, 0.25) is 0 Å². The Hall–Kier alpha value is -3.09. The fraction of sp³-hybridized carbons (Fsp3) is 0.581. The topological polar surface area (TPSA) is 122 Å². The Kier molecular flexibility index (Phi) is 12.7. The standard InChI is InChI=1S/C31H41F5N2O5S/c32-30(33,31(34,35)36)18-9-19-44(41,42)38-29(37)11-8-6-4-2-1-3-5-7-10-25-26-17-16-24(40)20-28(26)43-21-27(25)22-12-14-23(39)15-13-22/h12-17,20,25,27,39-40H,1-11,18-19,21H2,(H2,37,38). The van der Waals surface area contributed by atoms with Crippen LogP contribution in [0, 0.1) is 0 Å². The van der Waals surface area contributed by atoms with Gasteiger partial charge in [0.15, 0.2) is 0 Å². The first kappa shape index (κ1) is 35.4. The minimum absolute atomic E-state index is 0.137. The zero-order valence-corrected chi connectivity index (χ0v) is 25.4. The van der Waals surface area contributed by atoms with Crippen molar-refractivity contribution in [2.24, 2.45) is 10.1 Å². The highest BCUT2D eigenvalue weighted by atomic mass is 32.2. The van der Waals surface area contributed by atoms with Gasteiger partial charge in [-0.2, -0.15) is 26.3 Å². The van der Waals surface area contributed by atoms with Crippen LogP contribution in [0.4, 0.5) is 22.0 Å². The van der Waals surface area contributed by atoms with Crippen LogP contribution in [0.3, 0.4) is 0 Å². The maximum Gasteiger partial charge on any atom is 0.453 e. The summed E-state index contributed by atoms with van der Waals surface area (Å²) in [5.41, 5.74) is 7.82. The molecule has 1 heterocycles. The lowest BCUT2D eigenvalue weighted by Gasteiger charge is -2.34. The molecule has 13 heteroatoms. The van der Waals surface area contributed by atoms with Crippen molar-refractivity contribution in [1.29, 1.82) is 0 Å². The van der Waals surface area contributed by atoms with Gasteiger partial charge in [-0.1, -0.05) is 63.1 Å². The Bertz CT molecular complexity index is 1330. The SMILES string of the molecule is NC(CCCCCCCCCCC1c2ccc(O)cc2OCC1c1ccc(O)cc1)=NS(=O)(=O)CCCC(F)(F)C(F)(F)F. The second-order valence-electron chi connectivity index (χ2n) is 11.4. The van der Waals surface area contributed by atoms with E-state index in [2.05, 4.69) is 4.40 Å². The molecule has 0 fully saturated rings. The normalized spacial score (nSPS) is 17.7. The zero-order chi connectivity index (χ0) is 32.4. The number of nitrogens with zero attached hydrogens (tertiary/aromatic N) is 1. The van der Waals surface area contributed by atoms with E-state index in [1.165, 1.54) is 0 Å². The number of rotatable bonds is 17. The predicted octanol–water partition coefficient (Wildman–Crippen LogP) is 7.92. The molecular weight excluding hydrogens is 607 g/mol. The number of nitrogens with two attached hydrogens (primary N) is 1.